The summed E-state index contributed by atoms with van der Waals surface area (Å²) in [7, 11) is 0. The van der Waals surface area contributed by atoms with E-state index in [1.54, 1.807) is 0 Å². The molecule has 3 heteroatoms. The van der Waals surface area contributed by atoms with Gasteiger partial charge < -0.3 is 0 Å². The summed E-state index contributed by atoms with van der Waals surface area (Å²) in [6.07, 6.45) is 0.569. The largest absolute Gasteiger partial charge is 0.215 e. The van der Waals surface area contributed by atoms with Crippen LogP contribution in [0.4, 0.5) is 4.39 Å². The molecule has 0 saturated carbocycles. The van der Waals surface area contributed by atoms with Gasteiger partial charge in [-0.3, -0.25) is 0 Å². The maximum atomic E-state index is 11.4. The number of hydrogen-bond acceptors (Lipinski definition) is 2. The molecule has 0 bridgehead atoms. The van der Waals surface area contributed by atoms with Crippen LogP contribution in [0.15, 0.2) is 22.1 Å². The maximum absolute atomic E-state index is 11.4. The molecule has 0 unspecified atom stereocenters. The molecule has 0 spiro atoms. The molecule has 1 aliphatic heterocycles. The van der Waals surface area contributed by atoms with Gasteiger partial charge >= 0.3 is 0 Å². The van der Waals surface area contributed by atoms with Crippen molar-refractivity contribution >= 4 is 0 Å². The molecular weight excluding hydrogens is 95.1 g/mol. The van der Waals surface area contributed by atoms with Crippen molar-refractivity contribution < 1.29 is 4.39 Å². The number of azo groups is 1. The molecule has 2 nitrogen and oxygen atoms in total. The predicted molar refractivity (Wildman–Crippen MR) is 23.8 cm³/mol. The van der Waals surface area contributed by atoms with Crippen LogP contribution in [0, 0.1) is 0 Å². The molecule has 7 heavy (non-hydrogen) atoms. The van der Waals surface area contributed by atoms with Gasteiger partial charge in [0.15, 0.2) is 0 Å². The lowest BCUT2D eigenvalue weighted by molar-refractivity contribution is 0.707. The number of hydrogen-bond donors (Lipinski definition) is 0. The van der Waals surface area contributed by atoms with Gasteiger partial charge in [0, 0.05) is 5.57 Å². The highest BCUT2D eigenvalue weighted by molar-refractivity contribution is 5.04. The molecule has 0 atom stereocenters. The van der Waals surface area contributed by atoms with Crippen molar-refractivity contribution in [3.63, 3.8) is 0 Å². The van der Waals surface area contributed by atoms with Gasteiger partial charge in [-0.25, -0.2) is 4.39 Å². The molecule has 0 radical (unpaired) electrons. The normalized spacial score (nSPS) is 18.1. The highest BCUT2D eigenvalue weighted by Gasteiger charge is 1.99. The first-order chi connectivity index (χ1) is 3.43. The van der Waals surface area contributed by atoms with E-state index < -0.39 is 0 Å². The van der Waals surface area contributed by atoms with E-state index in [1.807, 2.05) is 0 Å². The Morgan fingerprint density at radius 3 is 2.29 bits per heavy atom. The minimum atomic E-state index is 0.455. The van der Waals surface area contributed by atoms with Gasteiger partial charge in [-0.1, -0.05) is 0 Å². The summed E-state index contributed by atoms with van der Waals surface area (Å²) in [5.74, 6) is 0. The SMILES string of the molecule is FC=C1CN=NC1. The van der Waals surface area contributed by atoms with Crippen LogP contribution in [0.25, 0.3) is 0 Å². The summed E-state index contributed by atoms with van der Waals surface area (Å²) in [4.78, 5) is 0. The van der Waals surface area contributed by atoms with Crippen LogP contribution in [0.1, 0.15) is 0 Å². The second kappa shape index (κ2) is 1.82. The standard InChI is InChI=1S/C4H5FN2/c5-1-4-2-6-7-3-4/h1H,2-3H2. The van der Waals surface area contributed by atoms with Crippen LogP contribution < -0.4 is 0 Å². The van der Waals surface area contributed by atoms with Crippen molar-refractivity contribution in [2.24, 2.45) is 10.2 Å². The molecule has 0 aromatic heterocycles. The molecule has 0 fully saturated rings. The third kappa shape index (κ3) is 0.824. The lowest BCUT2D eigenvalue weighted by Gasteiger charge is -1.79. The highest BCUT2D eigenvalue weighted by atomic mass is 19.1. The summed E-state index contributed by atoms with van der Waals surface area (Å²) in [5, 5.41) is 7.10. The molecule has 0 saturated heterocycles. The Morgan fingerprint density at radius 1 is 1.43 bits per heavy atom. The van der Waals surface area contributed by atoms with Crippen molar-refractivity contribution in [1.82, 2.24) is 0 Å². The Morgan fingerprint density at radius 2 is 2.00 bits per heavy atom. The van der Waals surface area contributed by atoms with E-state index >= 15 is 0 Å². The number of rotatable bonds is 0. The van der Waals surface area contributed by atoms with E-state index in [0.29, 0.717) is 25.0 Å². The van der Waals surface area contributed by atoms with Gasteiger partial charge in [0.1, 0.15) is 0 Å². The molecule has 1 heterocycles. The Bertz CT molecular complexity index is 107. The molecule has 38 valence electrons. The molecule has 0 aliphatic carbocycles. The van der Waals surface area contributed by atoms with Crippen molar-refractivity contribution in [2.45, 2.75) is 0 Å². The first-order valence-corrected chi connectivity index (χ1v) is 2.05. The van der Waals surface area contributed by atoms with E-state index in [2.05, 4.69) is 10.2 Å². The summed E-state index contributed by atoms with van der Waals surface area (Å²) < 4.78 is 11.4. The molecule has 0 aromatic rings. The average molecular weight is 100 g/mol. The second-order valence-electron chi connectivity index (χ2n) is 1.37. The van der Waals surface area contributed by atoms with Crippen LogP contribution in [-0.2, 0) is 0 Å². The zero-order valence-electron chi connectivity index (χ0n) is 3.76. The van der Waals surface area contributed by atoms with Gasteiger partial charge in [0.05, 0.1) is 19.4 Å². The highest BCUT2D eigenvalue weighted by Crippen LogP contribution is 2.03. The topological polar surface area (TPSA) is 24.7 Å². The summed E-state index contributed by atoms with van der Waals surface area (Å²) in [6, 6.07) is 0. The van der Waals surface area contributed by atoms with E-state index in [1.165, 1.54) is 0 Å². The van der Waals surface area contributed by atoms with Crippen LogP contribution >= 0.6 is 0 Å². The van der Waals surface area contributed by atoms with Crippen LogP contribution in [0.2, 0.25) is 0 Å². The van der Waals surface area contributed by atoms with Gasteiger partial charge in [0.25, 0.3) is 0 Å². The smallest absolute Gasteiger partial charge is 0.0897 e. The van der Waals surface area contributed by atoms with E-state index in [0.717, 1.165) is 0 Å². The average Bonchev–Trinajstić information content (AvgIpc) is 2.14. The molecule has 1 rings (SSSR count). The Kier molecular flexibility index (Phi) is 1.15. The Hall–Kier alpha value is -0.730. The summed E-state index contributed by atoms with van der Waals surface area (Å²) in [6.45, 7) is 0.910. The van der Waals surface area contributed by atoms with Gasteiger partial charge in [-0.05, 0) is 0 Å². The van der Waals surface area contributed by atoms with Crippen molar-refractivity contribution in [1.29, 1.82) is 0 Å². The van der Waals surface area contributed by atoms with E-state index in [-0.39, 0.29) is 0 Å². The van der Waals surface area contributed by atoms with Crippen LogP contribution in [-0.4, -0.2) is 13.1 Å². The molecule has 0 amide bonds. The monoisotopic (exact) mass is 100 g/mol. The zero-order valence-corrected chi connectivity index (χ0v) is 3.76. The van der Waals surface area contributed by atoms with Gasteiger partial charge in [0.2, 0.25) is 0 Å². The van der Waals surface area contributed by atoms with Crippen molar-refractivity contribution in [2.75, 3.05) is 13.1 Å². The molecule has 1 aliphatic rings. The third-order valence-electron chi connectivity index (χ3n) is 0.802. The van der Waals surface area contributed by atoms with Crippen molar-refractivity contribution in [3.8, 4) is 0 Å². The lowest BCUT2D eigenvalue weighted by Crippen LogP contribution is -1.80. The first-order valence-electron chi connectivity index (χ1n) is 2.05. The Labute approximate surface area is 40.8 Å². The molecule has 0 aromatic carbocycles. The lowest BCUT2D eigenvalue weighted by atomic mass is 10.3. The predicted octanol–water partition coefficient (Wildman–Crippen LogP) is 1.31. The number of nitrogens with zero attached hydrogens (tertiary/aromatic N) is 2. The minimum absolute atomic E-state index is 0.455. The fourth-order valence-corrected chi connectivity index (χ4v) is 0.401. The van der Waals surface area contributed by atoms with Crippen LogP contribution in [0.5, 0.6) is 0 Å². The molecule has 0 N–H and O–H groups in total. The van der Waals surface area contributed by atoms with Gasteiger partial charge in [-0.15, -0.1) is 0 Å². The number of halogens is 1. The second-order valence-corrected chi connectivity index (χ2v) is 1.37. The first kappa shape index (κ1) is 4.43. The Balaban J connectivity index is 2.51. The van der Waals surface area contributed by atoms with E-state index in [9.17, 15) is 4.39 Å². The zero-order chi connectivity index (χ0) is 5.11. The van der Waals surface area contributed by atoms with Crippen molar-refractivity contribution in [3.05, 3.63) is 11.9 Å². The summed E-state index contributed by atoms with van der Waals surface area (Å²) >= 11 is 0. The maximum Gasteiger partial charge on any atom is 0.0897 e. The summed E-state index contributed by atoms with van der Waals surface area (Å²) in [5.41, 5.74) is 0.667. The van der Waals surface area contributed by atoms with Gasteiger partial charge in [-0.2, -0.15) is 10.2 Å². The molecular formula is C4H5FN2. The fourth-order valence-electron chi connectivity index (χ4n) is 0.401. The van der Waals surface area contributed by atoms with Crippen LogP contribution in [0.3, 0.4) is 0 Å². The quantitative estimate of drug-likeness (QED) is 0.438. The minimum Gasteiger partial charge on any atom is -0.215 e. The fraction of sp³-hybridized carbons (Fsp3) is 0.500. The van der Waals surface area contributed by atoms with E-state index in [4.69, 9.17) is 0 Å². The third-order valence-corrected chi connectivity index (χ3v) is 0.802.